The van der Waals surface area contributed by atoms with Crippen LogP contribution >= 0.6 is 0 Å². The van der Waals surface area contributed by atoms with Crippen molar-refractivity contribution in [3.05, 3.63) is 23.5 Å². The Morgan fingerprint density at radius 1 is 1.55 bits per heavy atom. The van der Waals surface area contributed by atoms with Crippen LogP contribution in [0.4, 0.5) is 15.8 Å². The summed E-state index contributed by atoms with van der Waals surface area (Å²) in [6.45, 7) is 4.54. The summed E-state index contributed by atoms with van der Waals surface area (Å²) in [6, 6.07) is 2.32. The SMILES string of the molecule is CC1(C)CC(Nc2cc(C(=O)O)c(N)cc2F)CCO1. The first-order valence-electron chi connectivity index (χ1n) is 6.51. The van der Waals surface area contributed by atoms with Crippen LogP contribution in [-0.4, -0.2) is 29.3 Å². The number of benzene rings is 1. The van der Waals surface area contributed by atoms with E-state index in [4.69, 9.17) is 15.6 Å². The maximum Gasteiger partial charge on any atom is 0.337 e. The van der Waals surface area contributed by atoms with Crippen molar-refractivity contribution in [2.45, 2.75) is 38.3 Å². The van der Waals surface area contributed by atoms with Gasteiger partial charge in [0.15, 0.2) is 0 Å². The highest BCUT2D eigenvalue weighted by Crippen LogP contribution is 2.29. The first kappa shape index (κ1) is 14.6. The molecule has 20 heavy (non-hydrogen) atoms. The lowest BCUT2D eigenvalue weighted by atomic mass is 9.93. The molecule has 1 saturated heterocycles. The van der Waals surface area contributed by atoms with Gasteiger partial charge in [-0.1, -0.05) is 0 Å². The highest BCUT2D eigenvalue weighted by atomic mass is 19.1. The van der Waals surface area contributed by atoms with Crippen molar-refractivity contribution >= 4 is 17.3 Å². The molecule has 1 aromatic carbocycles. The third-order valence-corrected chi connectivity index (χ3v) is 3.43. The molecule has 0 radical (unpaired) electrons. The minimum atomic E-state index is -1.17. The number of nitrogens with one attached hydrogen (secondary N) is 1. The van der Waals surface area contributed by atoms with Crippen LogP contribution in [0.2, 0.25) is 0 Å². The minimum Gasteiger partial charge on any atom is -0.478 e. The molecule has 0 spiro atoms. The van der Waals surface area contributed by atoms with E-state index in [1.807, 2.05) is 13.8 Å². The van der Waals surface area contributed by atoms with Gasteiger partial charge in [-0.15, -0.1) is 0 Å². The molecule has 0 bridgehead atoms. The van der Waals surface area contributed by atoms with Gasteiger partial charge in [-0.05, 0) is 38.8 Å². The molecule has 5 nitrogen and oxygen atoms in total. The second-order valence-electron chi connectivity index (χ2n) is 5.67. The maximum atomic E-state index is 13.9. The molecule has 1 aliphatic rings. The molecule has 0 amide bonds. The molecule has 1 atom stereocenters. The predicted molar refractivity (Wildman–Crippen MR) is 74.4 cm³/mol. The molecule has 2 rings (SSSR count). The van der Waals surface area contributed by atoms with Gasteiger partial charge in [0.25, 0.3) is 0 Å². The zero-order chi connectivity index (χ0) is 14.9. The van der Waals surface area contributed by atoms with Gasteiger partial charge in [0.1, 0.15) is 5.82 Å². The fraction of sp³-hybridized carbons (Fsp3) is 0.500. The van der Waals surface area contributed by atoms with E-state index in [-0.39, 0.29) is 28.6 Å². The average Bonchev–Trinajstić information content (AvgIpc) is 2.31. The molecule has 0 aromatic heterocycles. The Balaban J connectivity index is 2.21. The monoisotopic (exact) mass is 282 g/mol. The number of carboxylic acid groups (broad SMARTS) is 1. The molecule has 1 aromatic rings. The smallest absolute Gasteiger partial charge is 0.337 e. The summed E-state index contributed by atoms with van der Waals surface area (Å²) in [4.78, 5) is 11.0. The van der Waals surface area contributed by atoms with E-state index in [0.717, 1.165) is 18.9 Å². The van der Waals surface area contributed by atoms with Crippen molar-refractivity contribution in [1.29, 1.82) is 0 Å². The summed E-state index contributed by atoms with van der Waals surface area (Å²) in [6.07, 6.45) is 1.47. The molecule has 0 saturated carbocycles. The predicted octanol–water partition coefficient (Wildman–Crippen LogP) is 2.48. The van der Waals surface area contributed by atoms with Gasteiger partial charge in [0.2, 0.25) is 0 Å². The summed E-state index contributed by atoms with van der Waals surface area (Å²) in [5.41, 5.74) is 5.22. The lowest BCUT2D eigenvalue weighted by molar-refractivity contribution is -0.0553. The third kappa shape index (κ3) is 3.19. The Morgan fingerprint density at radius 2 is 2.25 bits per heavy atom. The Kier molecular flexibility index (Phi) is 3.85. The van der Waals surface area contributed by atoms with E-state index < -0.39 is 11.8 Å². The van der Waals surface area contributed by atoms with Crippen LogP contribution in [0.3, 0.4) is 0 Å². The number of ether oxygens (including phenoxy) is 1. The van der Waals surface area contributed by atoms with Crippen LogP contribution in [0, 0.1) is 5.82 Å². The van der Waals surface area contributed by atoms with Crippen LogP contribution in [0.25, 0.3) is 0 Å². The standard InChI is InChI=1S/C14H19FN2O3/c1-14(2)7-8(3-4-20-14)17-12-5-9(13(18)19)11(16)6-10(12)15/h5-6,8,17H,3-4,7,16H2,1-2H3,(H,18,19). The van der Waals surface area contributed by atoms with E-state index in [1.54, 1.807) is 0 Å². The first-order chi connectivity index (χ1) is 9.28. The summed E-state index contributed by atoms with van der Waals surface area (Å²) in [5.74, 6) is -1.71. The lowest BCUT2D eigenvalue weighted by Crippen LogP contribution is -2.40. The summed E-state index contributed by atoms with van der Waals surface area (Å²) in [5, 5.41) is 12.1. The molecule has 1 aliphatic heterocycles. The molecule has 4 N–H and O–H groups in total. The summed E-state index contributed by atoms with van der Waals surface area (Å²) in [7, 11) is 0. The molecular formula is C14H19FN2O3. The molecule has 0 aliphatic carbocycles. The van der Waals surface area contributed by atoms with E-state index in [2.05, 4.69) is 5.32 Å². The van der Waals surface area contributed by atoms with Crippen LogP contribution in [0.5, 0.6) is 0 Å². The second kappa shape index (κ2) is 5.28. The topological polar surface area (TPSA) is 84.6 Å². The van der Waals surface area contributed by atoms with Gasteiger partial charge in [0, 0.05) is 18.3 Å². The quantitative estimate of drug-likeness (QED) is 0.742. The van der Waals surface area contributed by atoms with E-state index in [9.17, 15) is 9.18 Å². The Labute approximate surface area is 116 Å². The molecule has 1 heterocycles. The molecule has 110 valence electrons. The highest BCUT2D eigenvalue weighted by Gasteiger charge is 2.29. The Hall–Kier alpha value is -1.82. The van der Waals surface area contributed by atoms with E-state index >= 15 is 0 Å². The average molecular weight is 282 g/mol. The largest absolute Gasteiger partial charge is 0.478 e. The van der Waals surface area contributed by atoms with Crippen molar-refractivity contribution < 1.29 is 19.0 Å². The number of anilines is 2. The fourth-order valence-corrected chi connectivity index (χ4v) is 2.46. The van der Waals surface area contributed by atoms with Crippen LogP contribution in [0.1, 0.15) is 37.0 Å². The normalized spacial score (nSPS) is 21.4. The summed E-state index contributed by atoms with van der Waals surface area (Å²) >= 11 is 0. The van der Waals surface area contributed by atoms with E-state index in [1.165, 1.54) is 6.07 Å². The number of halogens is 1. The van der Waals surface area contributed by atoms with Gasteiger partial charge < -0.3 is 20.9 Å². The number of carboxylic acids is 1. The molecule has 1 fully saturated rings. The number of nitrogens with two attached hydrogens (primary N) is 1. The fourth-order valence-electron chi connectivity index (χ4n) is 2.46. The minimum absolute atomic E-state index is 0.0403. The zero-order valence-electron chi connectivity index (χ0n) is 11.6. The van der Waals surface area contributed by atoms with Crippen molar-refractivity contribution in [3.8, 4) is 0 Å². The summed E-state index contributed by atoms with van der Waals surface area (Å²) < 4.78 is 19.5. The number of aromatic carboxylic acids is 1. The van der Waals surface area contributed by atoms with Crippen LogP contribution in [-0.2, 0) is 4.74 Å². The number of hydrogen-bond acceptors (Lipinski definition) is 4. The molecular weight excluding hydrogens is 263 g/mol. The number of hydrogen-bond donors (Lipinski definition) is 3. The van der Waals surface area contributed by atoms with Gasteiger partial charge >= 0.3 is 5.97 Å². The van der Waals surface area contributed by atoms with Gasteiger partial charge in [-0.25, -0.2) is 9.18 Å². The van der Waals surface area contributed by atoms with Gasteiger partial charge in [-0.3, -0.25) is 0 Å². The van der Waals surface area contributed by atoms with Crippen LogP contribution in [0.15, 0.2) is 12.1 Å². The highest BCUT2D eigenvalue weighted by molar-refractivity contribution is 5.94. The molecule has 6 heteroatoms. The Morgan fingerprint density at radius 3 is 2.85 bits per heavy atom. The van der Waals surface area contributed by atoms with Gasteiger partial charge in [-0.2, -0.15) is 0 Å². The lowest BCUT2D eigenvalue weighted by Gasteiger charge is -2.36. The van der Waals surface area contributed by atoms with Crippen molar-refractivity contribution in [2.24, 2.45) is 0 Å². The number of carbonyl (C=O) groups is 1. The van der Waals surface area contributed by atoms with Crippen LogP contribution < -0.4 is 11.1 Å². The third-order valence-electron chi connectivity index (χ3n) is 3.43. The van der Waals surface area contributed by atoms with E-state index in [0.29, 0.717) is 6.61 Å². The van der Waals surface area contributed by atoms with Crippen molar-refractivity contribution in [2.75, 3.05) is 17.7 Å². The van der Waals surface area contributed by atoms with Gasteiger partial charge in [0.05, 0.1) is 16.9 Å². The Bertz CT molecular complexity index is 531. The maximum absolute atomic E-state index is 13.9. The zero-order valence-corrected chi connectivity index (χ0v) is 11.6. The first-order valence-corrected chi connectivity index (χ1v) is 6.51. The van der Waals surface area contributed by atoms with Crippen molar-refractivity contribution in [1.82, 2.24) is 0 Å². The second-order valence-corrected chi connectivity index (χ2v) is 5.67. The number of rotatable bonds is 3. The number of nitrogen functional groups attached to an aromatic ring is 1. The van der Waals surface area contributed by atoms with Crippen molar-refractivity contribution in [3.63, 3.8) is 0 Å². The molecule has 1 unspecified atom stereocenters.